The van der Waals surface area contributed by atoms with Gasteiger partial charge >= 0.3 is 5.97 Å². The zero-order valence-electron chi connectivity index (χ0n) is 14.9. The van der Waals surface area contributed by atoms with Crippen LogP contribution in [-0.4, -0.2) is 72.4 Å². The molecule has 146 valence electrons. The Morgan fingerprint density at radius 3 is 2.67 bits per heavy atom. The molecular weight excluding hydrogens is 376 g/mol. The van der Waals surface area contributed by atoms with Gasteiger partial charge in [-0.2, -0.15) is 0 Å². The molecule has 2 amide bonds. The zero-order valence-corrected chi connectivity index (χ0v) is 15.7. The number of carbonyl (C=O) groups excluding carboxylic acids is 2. The molecule has 1 N–H and O–H groups in total. The van der Waals surface area contributed by atoms with Gasteiger partial charge in [-0.25, -0.2) is 12.7 Å². The van der Waals surface area contributed by atoms with Crippen LogP contribution in [-0.2, 0) is 19.6 Å². The van der Waals surface area contributed by atoms with Gasteiger partial charge in [0.25, 0.3) is 21.8 Å². The smallest absolute Gasteiger partial charge is 0.306 e. The van der Waals surface area contributed by atoms with E-state index >= 15 is 0 Å². The van der Waals surface area contributed by atoms with Gasteiger partial charge in [0.1, 0.15) is 4.90 Å². The Labute approximate surface area is 156 Å². The largest absolute Gasteiger partial charge is 0.481 e. The molecule has 1 saturated heterocycles. The third-order valence-corrected chi connectivity index (χ3v) is 6.49. The lowest BCUT2D eigenvalue weighted by Crippen LogP contribution is -2.46. The van der Waals surface area contributed by atoms with Crippen LogP contribution >= 0.6 is 0 Å². The van der Waals surface area contributed by atoms with Crippen molar-refractivity contribution in [1.29, 1.82) is 0 Å². The predicted molar refractivity (Wildman–Crippen MR) is 92.8 cm³/mol. The fourth-order valence-electron chi connectivity index (χ4n) is 3.30. The minimum Gasteiger partial charge on any atom is -0.481 e. The maximum Gasteiger partial charge on any atom is 0.306 e. The van der Waals surface area contributed by atoms with E-state index in [0.717, 1.165) is 4.31 Å². The zero-order chi connectivity index (χ0) is 19.9. The first-order valence-corrected chi connectivity index (χ1v) is 9.92. The number of nitrogens with zero attached hydrogens (tertiary/aromatic N) is 2. The van der Waals surface area contributed by atoms with Crippen molar-refractivity contribution in [3.05, 3.63) is 29.3 Å². The molecule has 1 aromatic rings. The van der Waals surface area contributed by atoms with Crippen molar-refractivity contribution in [1.82, 2.24) is 9.21 Å². The molecule has 1 atom stereocenters. The monoisotopic (exact) mass is 396 g/mol. The van der Waals surface area contributed by atoms with Crippen molar-refractivity contribution in [2.24, 2.45) is 0 Å². The highest BCUT2D eigenvalue weighted by Crippen LogP contribution is 2.33. The highest BCUT2D eigenvalue weighted by atomic mass is 32.2. The normalized spacial score (nSPS) is 21.4. The SMILES string of the molecule is CC(C)N1C(=O)c2ccc(C(=O)N3CCOC(CC(=O)O)C3)cc2S1(=O)=O. The summed E-state index contributed by atoms with van der Waals surface area (Å²) < 4.78 is 31.5. The maximum absolute atomic E-state index is 12.8. The number of carbonyl (C=O) groups is 3. The molecule has 9 nitrogen and oxygen atoms in total. The molecule has 3 rings (SSSR count). The third-order valence-electron chi connectivity index (χ3n) is 4.49. The lowest BCUT2D eigenvalue weighted by atomic mass is 10.1. The van der Waals surface area contributed by atoms with Gasteiger partial charge in [0.05, 0.1) is 24.7 Å². The van der Waals surface area contributed by atoms with Gasteiger partial charge in [0, 0.05) is 24.7 Å². The van der Waals surface area contributed by atoms with E-state index in [0.29, 0.717) is 0 Å². The number of fused-ring (bicyclic) bond motifs is 1. The van der Waals surface area contributed by atoms with Crippen molar-refractivity contribution in [3.8, 4) is 0 Å². The number of ether oxygens (including phenoxy) is 1. The van der Waals surface area contributed by atoms with Crippen LogP contribution in [0.25, 0.3) is 0 Å². The van der Waals surface area contributed by atoms with Crippen molar-refractivity contribution in [2.45, 2.75) is 37.3 Å². The Morgan fingerprint density at radius 2 is 2.04 bits per heavy atom. The lowest BCUT2D eigenvalue weighted by Gasteiger charge is -2.32. The molecule has 0 saturated carbocycles. The van der Waals surface area contributed by atoms with Crippen LogP contribution in [0, 0.1) is 0 Å². The first-order chi connectivity index (χ1) is 12.6. The topological polar surface area (TPSA) is 121 Å². The fraction of sp³-hybridized carbons (Fsp3) is 0.471. The molecule has 2 aliphatic heterocycles. The van der Waals surface area contributed by atoms with Crippen LogP contribution < -0.4 is 0 Å². The summed E-state index contributed by atoms with van der Waals surface area (Å²) in [6, 6.07) is 3.44. The molecule has 0 bridgehead atoms. The first-order valence-electron chi connectivity index (χ1n) is 8.48. The molecule has 1 aromatic carbocycles. The Morgan fingerprint density at radius 1 is 1.33 bits per heavy atom. The van der Waals surface area contributed by atoms with Gasteiger partial charge in [0.15, 0.2) is 0 Å². The van der Waals surface area contributed by atoms with E-state index in [1.54, 1.807) is 13.8 Å². The van der Waals surface area contributed by atoms with E-state index in [9.17, 15) is 22.8 Å². The van der Waals surface area contributed by atoms with Crippen molar-refractivity contribution >= 4 is 27.8 Å². The van der Waals surface area contributed by atoms with Crippen molar-refractivity contribution < 1.29 is 32.6 Å². The molecule has 2 aliphatic rings. The van der Waals surface area contributed by atoms with Crippen LogP contribution in [0.15, 0.2) is 23.1 Å². The molecule has 1 fully saturated rings. The number of carboxylic acids is 1. The highest BCUT2D eigenvalue weighted by molar-refractivity contribution is 7.90. The van der Waals surface area contributed by atoms with E-state index < -0.39 is 40.0 Å². The number of aliphatic carboxylic acids is 1. The van der Waals surface area contributed by atoms with Crippen LogP contribution in [0.1, 0.15) is 41.0 Å². The Kier molecular flexibility index (Phi) is 4.96. The summed E-state index contributed by atoms with van der Waals surface area (Å²) in [5.41, 5.74) is 0.178. The van der Waals surface area contributed by atoms with E-state index in [2.05, 4.69) is 0 Å². The molecule has 2 heterocycles. The summed E-state index contributed by atoms with van der Waals surface area (Å²) in [6.07, 6.45) is -0.836. The summed E-state index contributed by atoms with van der Waals surface area (Å²) in [5, 5.41) is 8.88. The quantitative estimate of drug-likeness (QED) is 0.789. The summed E-state index contributed by atoms with van der Waals surface area (Å²) in [7, 11) is -4.00. The molecule has 0 aromatic heterocycles. The number of benzene rings is 1. The van der Waals surface area contributed by atoms with Crippen LogP contribution in [0.4, 0.5) is 0 Å². The van der Waals surface area contributed by atoms with Crippen LogP contribution in [0.3, 0.4) is 0 Å². The van der Waals surface area contributed by atoms with E-state index in [4.69, 9.17) is 9.84 Å². The highest BCUT2D eigenvalue weighted by Gasteiger charge is 2.43. The fourth-order valence-corrected chi connectivity index (χ4v) is 5.09. The Balaban J connectivity index is 1.88. The lowest BCUT2D eigenvalue weighted by molar-refractivity contribution is -0.141. The molecule has 10 heteroatoms. The number of rotatable bonds is 4. The predicted octanol–water partition coefficient (Wildman–Crippen LogP) is 0.555. The van der Waals surface area contributed by atoms with E-state index in [1.165, 1.54) is 23.1 Å². The second kappa shape index (κ2) is 6.93. The molecule has 27 heavy (non-hydrogen) atoms. The number of hydrogen-bond donors (Lipinski definition) is 1. The Hall–Kier alpha value is -2.46. The van der Waals surface area contributed by atoms with Gasteiger partial charge in [0.2, 0.25) is 0 Å². The van der Waals surface area contributed by atoms with Gasteiger partial charge in [-0.05, 0) is 32.0 Å². The molecule has 0 spiro atoms. The number of morpholine rings is 1. The number of amides is 2. The molecule has 0 radical (unpaired) electrons. The maximum atomic E-state index is 12.8. The third kappa shape index (κ3) is 3.42. The number of sulfonamides is 1. The summed E-state index contributed by atoms with van der Waals surface area (Å²) in [4.78, 5) is 37.2. The summed E-state index contributed by atoms with van der Waals surface area (Å²) in [6.45, 7) is 3.78. The van der Waals surface area contributed by atoms with E-state index in [1.807, 2.05) is 0 Å². The minimum absolute atomic E-state index is 0.0472. The molecule has 1 unspecified atom stereocenters. The van der Waals surface area contributed by atoms with Gasteiger partial charge in [-0.1, -0.05) is 0 Å². The van der Waals surface area contributed by atoms with E-state index in [-0.39, 0.29) is 42.1 Å². The van der Waals surface area contributed by atoms with Gasteiger partial charge < -0.3 is 14.7 Å². The van der Waals surface area contributed by atoms with Gasteiger partial charge in [-0.15, -0.1) is 0 Å². The first kappa shape index (κ1) is 19.3. The minimum atomic E-state index is -4.00. The summed E-state index contributed by atoms with van der Waals surface area (Å²) in [5.74, 6) is -2.06. The average molecular weight is 396 g/mol. The second-order valence-corrected chi connectivity index (χ2v) is 8.54. The number of carboxylic acid groups (broad SMARTS) is 1. The average Bonchev–Trinajstić information content (AvgIpc) is 2.79. The summed E-state index contributed by atoms with van der Waals surface area (Å²) >= 11 is 0. The molecule has 0 aliphatic carbocycles. The van der Waals surface area contributed by atoms with Gasteiger partial charge in [-0.3, -0.25) is 14.4 Å². The van der Waals surface area contributed by atoms with Crippen molar-refractivity contribution in [2.75, 3.05) is 19.7 Å². The van der Waals surface area contributed by atoms with Crippen LogP contribution in [0.5, 0.6) is 0 Å². The standard InChI is InChI=1S/C17H20N2O7S/c1-10(2)19-17(23)13-4-3-11(7-14(13)27(19,24)25)16(22)18-5-6-26-12(9-18)8-15(20)21/h3-4,7,10,12H,5-6,8-9H2,1-2H3,(H,20,21). The molecular formula is C17H20N2O7S. The Bertz CT molecular complexity index is 910. The number of hydrogen-bond acceptors (Lipinski definition) is 6. The van der Waals surface area contributed by atoms with Crippen molar-refractivity contribution in [3.63, 3.8) is 0 Å². The second-order valence-electron chi connectivity index (χ2n) is 6.75. The van der Waals surface area contributed by atoms with Crippen LogP contribution in [0.2, 0.25) is 0 Å².